The lowest BCUT2D eigenvalue weighted by molar-refractivity contribution is -0.386. The summed E-state index contributed by atoms with van der Waals surface area (Å²) < 4.78 is 75.9. The third kappa shape index (κ3) is 18.2. The molecule has 0 saturated carbocycles. The van der Waals surface area contributed by atoms with Gasteiger partial charge in [-0.2, -0.15) is 0 Å². The van der Waals surface area contributed by atoms with Gasteiger partial charge in [0, 0.05) is 14.2 Å². The highest BCUT2D eigenvalue weighted by atomic mass is 16.8. The largest absolute Gasteiger partial charge is 0.479 e. The Morgan fingerprint density at radius 2 is 0.376 bits per heavy atom. The molecule has 28 N–H and O–H groups in total. The second-order valence-electron chi connectivity index (χ2n) is 22.9. The van der Waals surface area contributed by atoms with Crippen LogP contribution in [0.3, 0.4) is 0 Å². The summed E-state index contributed by atoms with van der Waals surface area (Å²) in [7, 11) is 1.94. The van der Waals surface area contributed by atoms with E-state index in [1.54, 1.807) is 0 Å². The van der Waals surface area contributed by atoms with Gasteiger partial charge in [0.25, 0.3) is 0 Å². The van der Waals surface area contributed by atoms with Gasteiger partial charge in [0.05, 0.1) is 0 Å². The number of aliphatic hydroxyl groups excluding tert-OH is 20. The van der Waals surface area contributed by atoms with Crippen LogP contribution >= 0.6 is 0 Å². The summed E-state index contributed by atoms with van der Waals surface area (Å²) in [5.74, 6) is -14.9. The van der Waals surface area contributed by atoms with Gasteiger partial charge in [-0.3, -0.25) is 0 Å². The second-order valence-corrected chi connectivity index (χ2v) is 22.9. The molecule has 0 amide bonds. The number of aliphatic hydroxyl groups is 20. The fourth-order valence-corrected chi connectivity index (χ4v) is 10.9. The van der Waals surface area contributed by atoms with Gasteiger partial charge < -0.3 is 214 Å². The normalized spacial score (nSPS) is 47.9. The summed E-state index contributed by atoms with van der Waals surface area (Å²) in [6.45, 7) is 0. The minimum absolute atomic E-state index is 0.959. The molecule has 580 valence electrons. The highest BCUT2D eigenvalue weighted by Crippen LogP contribution is 2.38. The number of hydrogen-bond acceptors (Lipinski definition) is 43. The quantitative estimate of drug-likeness (QED) is 0.0538. The Hall–Kier alpha value is -5.64. The number of hydrogen-bond donors (Lipinski definition) is 28. The molecule has 101 heavy (non-hydrogen) atoms. The van der Waals surface area contributed by atoms with E-state index in [2.05, 4.69) is 9.47 Å². The molecule has 8 aliphatic rings. The van der Waals surface area contributed by atoms with E-state index < -0.39 is 293 Å². The van der Waals surface area contributed by atoms with Crippen molar-refractivity contribution in [2.45, 2.75) is 246 Å². The van der Waals surface area contributed by atoms with Crippen molar-refractivity contribution < 1.29 is 252 Å². The maximum Gasteiger partial charge on any atom is 0.335 e. The summed E-state index contributed by atoms with van der Waals surface area (Å²) in [5, 5.41) is 278. The van der Waals surface area contributed by atoms with Crippen LogP contribution in [-0.4, -0.2) is 451 Å². The van der Waals surface area contributed by atoms with Gasteiger partial charge in [-0.15, -0.1) is 0 Å². The summed E-state index contributed by atoms with van der Waals surface area (Å²) in [4.78, 5) is 94.2. The first-order valence-corrected chi connectivity index (χ1v) is 29.0. The van der Waals surface area contributed by atoms with Crippen LogP contribution in [0.1, 0.15) is 0 Å². The predicted molar refractivity (Wildman–Crippen MR) is 285 cm³/mol. The maximum absolute atomic E-state index is 12.5. The number of carboxylic acids is 8. The third-order valence-corrected chi connectivity index (χ3v) is 16.4. The first-order chi connectivity index (χ1) is 47.0. The molecule has 0 aromatic carbocycles. The molecule has 8 aliphatic heterocycles. The molecule has 0 aromatic rings. The molecule has 8 saturated heterocycles. The number of methoxy groups -OCH3 is 2. The van der Waals surface area contributed by atoms with Gasteiger partial charge in [0.1, 0.15) is 146 Å². The Morgan fingerprint density at radius 3 is 0.564 bits per heavy atom. The van der Waals surface area contributed by atoms with Crippen molar-refractivity contribution in [2.24, 2.45) is 0 Å². The Labute approximate surface area is 559 Å². The van der Waals surface area contributed by atoms with Crippen LogP contribution < -0.4 is 0 Å². The van der Waals surface area contributed by atoms with Gasteiger partial charge in [-0.1, -0.05) is 0 Å². The maximum atomic E-state index is 12.5. The molecule has 51 nitrogen and oxygen atoms in total. The fraction of sp³-hybridized carbons (Fsp3) is 0.840. The van der Waals surface area contributed by atoms with Crippen LogP contribution in [0, 0.1) is 0 Å². The molecule has 0 bridgehead atoms. The van der Waals surface area contributed by atoms with Crippen LogP contribution in [-0.2, 0) is 109 Å². The van der Waals surface area contributed by atoms with E-state index in [0.29, 0.717) is 0 Å². The average molecular weight is 1490 g/mol. The number of carboxylic acid groups (broad SMARTS) is 8. The lowest BCUT2D eigenvalue weighted by Gasteiger charge is -2.48. The molecule has 8 rings (SSSR count). The van der Waals surface area contributed by atoms with Crippen LogP contribution in [0.4, 0.5) is 0 Å². The minimum Gasteiger partial charge on any atom is -0.479 e. The Balaban J connectivity index is 0.000000511. The van der Waals surface area contributed by atoms with Crippen LogP contribution in [0.25, 0.3) is 0 Å². The van der Waals surface area contributed by atoms with Gasteiger partial charge in [-0.25, -0.2) is 38.4 Å². The lowest BCUT2D eigenvalue weighted by Crippen LogP contribution is -2.69. The van der Waals surface area contributed by atoms with Crippen LogP contribution in [0.2, 0.25) is 0 Å². The van der Waals surface area contributed by atoms with Gasteiger partial charge in [-0.05, 0) is 0 Å². The molecule has 40 atom stereocenters. The minimum atomic E-state index is -2.63. The van der Waals surface area contributed by atoms with Crippen molar-refractivity contribution in [3.63, 3.8) is 0 Å². The Bertz CT molecular complexity index is 2780. The van der Waals surface area contributed by atoms with Gasteiger partial charge in [0.2, 0.25) is 0 Å². The second kappa shape index (κ2) is 35.0. The van der Waals surface area contributed by atoms with Crippen molar-refractivity contribution >= 4 is 47.8 Å². The van der Waals surface area contributed by atoms with E-state index in [1.165, 1.54) is 0 Å². The average Bonchev–Trinajstić information content (AvgIpc) is 0.769. The van der Waals surface area contributed by atoms with E-state index in [1.807, 2.05) is 0 Å². The summed E-state index contributed by atoms with van der Waals surface area (Å²) in [6, 6.07) is 0. The Morgan fingerprint density at radius 1 is 0.198 bits per heavy atom. The standard InChI is InChI=1S/C38H54O37.2C6H10O7/c1-63-15-3(39)10(46)34(71-21(15)27(51)52)66-17-5(41)12(48)36(73-23(17)29(55)56)68-19-7(43)14(50)38(75-25(19)31(59)60)69-20-8(44)13(49)37(74-26(20)32(61)62)67-18-6(42)11(47)35(72-24(18)30(57)58)65-16-4(40)9(45)33(64-2)70-22(16)28(53)54;2*7-1-2(8)4(5(10)11)13-6(12)3(1)9/h3-26,33-50H,1-2H3,(H,51,52)(H,53,54)(H,55,56)(H,57,58)(H,59,60)(H,61,62);2*1-4,6-9,12H,(H,10,11)/t3?,4?,5?,6?,7-,8?,9?,10?,11?,12?,13?,14?,15?,16+,17+,18?,19+,20+,21?,22-,23?,24?,25?,26-,33-,34?,35?,36-,37-,38-;1-,2+,3?,4?,6?;1-,2-,3?,4?,6+/m110/s1. The highest BCUT2D eigenvalue weighted by Gasteiger charge is 2.61. The molecule has 8 heterocycles. The molecule has 8 fully saturated rings. The van der Waals surface area contributed by atoms with E-state index in [0.717, 1.165) is 14.2 Å². The Kier molecular flexibility index (Phi) is 29.2. The van der Waals surface area contributed by atoms with E-state index in [4.69, 9.17) is 113 Å². The SMILES string of the molecule is COC1C(C(=O)O)OC(O[C@@H]2C(C(=O)O)O[C@@H](O[C@@H]3C(C(=O)O)O[C@@H](O[C@H]4C(O)C(O)[C@H](OC5C(C(=O)O)OC(O[C@H]6C(O)C(O)[C@H](OC)O[C@H]6C(=O)O)C(O)C5O)O[C@H]4C(=O)O)C(O)[C@H]3O)C(O)C2O)C(O)C1O.O=C(O)C1OC(O)C(O)[C@H](O)[C@@H]1O.O=C(O)C1O[C@@H](O)C(O)[C@@H](O)[C@@H]1O. The van der Waals surface area contributed by atoms with Crippen molar-refractivity contribution in [2.75, 3.05) is 14.2 Å². The van der Waals surface area contributed by atoms with E-state index >= 15 is 0 Å². The van der Waals surface area contributed by atoms with Crippen molar-refractivity contribution in [3.05, 3.63) is 0 Å². The van der Waals surface area contributed by atoms with Crippen LogP contribution in [0.15, 0.2) is 0 Å². The topological polar surface area (TPSA) is 841 Å². The summed E-state index contributed by atoms with van der Waals surface area (Å²) in [5.41, 5.74) is 0. The third-order valence-electron chi connectivity index (χ3n) is 16.4. The predicted octanol–water partition coefficient (Wildman–Crippen LogP) is -18.5. The zero-order chi connectivity index (χ0) is 76.3. The number of ether oxygens (including phenoxy) is 15. The van der Waals surface area contributed by atoms with E-state index in [9.17, 15) is 130 Å². The van der Waals surface area contributed by atoms with Crippen molar-refractivity contribution in [1.29, 1.82) is 0 Å². The van der Waals surface area contributed by atoms with E-state index in [-0.39, 0.29) is 0 Å². The van der Waals surface area contributed by atoms with Gasteiger partial charge in [0.15, 0.2) is 99.2 Å². The lowest BCUT2D eigenvalue weighted by atomic mass is 9.95. The number of rotatable bonds is 20. The number of aliphatic carboxylic acids is 8. The smallest absolute Gasteiger partial charge is 0.335 e. The monoisotopic (exact) mass is 1490 g/mol. The highest BCUT2D eigenvalue weighted by molar-refractivity contribution is 5.76. The summed E-state index contributed by atoms with van der Waals surface area (Å²) >= 11 is 0. The first-order valence-electron chi connectivity index (χ1n) is 29.0. The molecule has 0 aromatic heterocycles. The molecule has 51 heteroatoms. The van der Waals surface area contributed by atoms with Crippen LogP contribution in [0.5, 0.6) is 0 Å². The molecular formula is C50H74O51. The van der Waals surface area contributed by atoms with Crippen molar-refractivity contribution in [1.82, 2.24) is 0 Å². The molecule has 0 spiro atoms. The molecule has 0 aliphatic carbocycles. The zero-order valence-electron chi connectivity index (χ0n) is 51.0. The fourth-order valence-electron chi connectivity index (χ4n) is 10.9. The molecular weight excluding hydrogens is 1420 g/mol. The number of carbonyl (C=O) groups is 8. The summed E-state index contributed by atoms with van der Waals surface area (Å²) in [6.07, 6.45) is -88.3. The first kappa shape index (κ1) is 84.3. The van der Waals surface area contributed by atoms with Crippen molar-refractivity contribution in [3.8, 4) is 0 Å². The molecule has 24 unspecified atom stereocenters. The molecule has 0 radical (unpaired) electrons. The van der Waals surface area contributed by atoms with Gasteiger partial charge >= 0.3 is 47.8 Å². The zero-order valence-corrected chi connectivity index (χ0v) is 51.0.